The Morgan fingerprint density at radius 3 is 2.45 bits per heavy atom. The van der Waals surface area contributed by atoms with Gasteiger partial charge in [0, 0.05) is 12.6 Å². The van der Waals surface area contributed by atoms with Gasteiger partial charge < -0.3 is 0 Å². The van der Waals surface area contributed by atoms with Gasteiger partial charge in [0.05, 0.1) is 6.54 Å². The molecule has 4 rings (SSSR count). The van der Waals surface area contributed by atoms with Crippen LogP contribution in [0.15, 0.2) is 24.3 Å². The van der Waals surface area contributed by atoms with Crippen molar-refractivity contribution in [3.8, 4) is 11.4 Å². The van der Waals surface area contributed by atoms with E-state index in [1.54, 1.807) is 0 Å². The first-order chi connectivity index (χ1) is 10.6. The Kier molecular flexibility index (Phi) is 3.26. The fourth-order valence-corrected chi connectivity index (χ4v) is 3.21. The minimum Gasteiger partial charge on any atom is -0.296 e. The molecule has 5 heteroatoms. The molecule has 2 heterocycles. The standard InChI is InChI=1S/C17H21FN4/c1-21-16(19-15(20-21)12-22-10-2-3-11-22)13-4-6-14(7-5-13)17(18)8-9-17/h4-7H,2-3,8-12H2,1H3. The maximum absolute atomic E-state index is 14.0. The quantitative estimate of drug-likeness (QED) is 0.870. The smallest absolute Gasteiger partial charge is 0.165 e. The van der Waals surface area contributed by atoms with Crippen molar-refractivity contribution in [2.75, 3.05) is 13.1 Å². The topological polar surface area (TPSA) is 34.0 Å². The van der Waals surface area contributed by atoms with Gasteiger partial charge in [0.25, 0.3) is 0 Å². The zero-order valence-electron chi connectivity index (χ0n) is 12.9. The third-order valence-corrected chi connectivity index (χ3v) is 4.72. The molecule has 0 N–H and O–H groups in total. The molecule has 1 aromatic carbocycles. The first-order valence-corrected chi connectivity index (χ1v) is 8.06. The maximum atomic E-state index is 14.0. The van der Waals surface area contributed by atoms with E-state index < -0.39 is 5.67 Å². The molecule has 0 amide bonds. The van der Waals surface area contributed by atoms with Crippen LogP contribution in [0.1, 0.15) is 37.1 Å². The Morgan fingerprint density at radius 1 is 1.14 bits per heavy atom. The number of likely N-dealkylation sites (tertiary alicyclic amines) is 1. The van der Waals surface area contributed by atoms with E-state index in [1.807, 2.05) is 36.0 Å². The molecule has 0 unspecified atom stereocenters. The van der Waals surface area contributed by atoms with Crippen LogP contribution in [0.25, 0.3) is 11.4 Å². The van der Waals surface area contributed by atoms with Gasteiger partial charge in [0.1, 0.15) is 5.67 Å². The number of rotatable bonds is 4. The average molecular weight is 300 g/mol. The third-order valence-electron chi connectivity index (χ3n) is 4.72. The van der Waals surface area contributed by atoms with Crippen molar-refractivity contribution in [3.05, 3.63) is 35.7 Å². The first kappa shape index (κ1) is 13.9. The highest BCUT2D eigenvalue weighted by Crippen LogP contribution is 2.49. The summed E-state index contributed by atoms with van der Waals surface area (Å²) in [6.07, 6.45) is 3.84. The minimum atomic E-state index is -1.07. The fourth-order valence-electron chi connectivity index (χ4n) is 3.21. The van der Waals surface area contributed by atoms with Crippen LogP contribution in [0.2, 0.25) is 0 Å². The van der Waals surface area contributed by atoms with Crippen LogP contribution in [0.5, 0.6) is 0 Å². The fraction of sp³-hybridized carbons (Fsp3) is 0.529. The van der Waals surface area contributed by atoms with E-state index in [4.69, 9.17) is 0 Å². The highest BCUT2D eigenvalue weighted by molar-refractivity contribution is 5.56. The molecular formula is C17H21FN4. The lowest BCUT2D eigenvalue weighted by Crippen LogP contribution is -2.19. The summed E-state index contributed by atoms with van der Waals surface area (Å²) in [5.41, 5.74) is 0.714. The number of hydrogen-bond donors (Lipinski definition) is 0. The van der Waals surface area contributed by atoms with E-state index in [2.05, 4.69) is 15.0 Å². The Bertz CT molecular complexity index is 666. The molecule has 2 aliphatic rings. The van der Waals surface area contributed by atoms with E-state index in [1.165, 1.54) is 12.8 Å². The van der Waals surface area contributed by atoms with Crippen molar-refractivity contribution in [1.29, 1.82) is 0 Å². The molecule has 1 saturated carbocycles. The van der Waals surface area contributed by atoms with Gasteiger partial charge in [-0.05, 0) is 44.3 Å². The summed E-state index contributed by atoms with van der Waals surface area (Å²) < 4.78 is 15.9. The molecule has 2 aromatic rings. The molecule has 0 bridgehead atoms. The molecule has 0 radical (unpaired) electrons. The van der Waals surface area contributed by atoms with Crippen molar-refractivity contribution in [1.82, 2.24) is 19.7 Å². The Hall–Kier alpha value is -1.75. The molecule has 116 valence electrons. The minimum absolute atomic E-state index is 0.649. The molecule has 4 nitrogen and oxygen atoms in total. The van der Waals surface area contributed by atoms with Gasteiger partial charge in [-0.3, -0.25) is 4.90 Å². The van der Waals surface area contributed by atoms with E-state index in [0.717, 1.165) is 42.4 Å². The van der Waals surface area contributed by atoms with Gasteiger partial charge in [-0.25, -0.2) is 14.1 Å². The Morgan fingerprint density at radius 2 is 1.82 bits per heavy atom. The SMILES string of the molecule is Cn1nc(CN2CCCC2)nc1-c1ccc(C2(F)CC2)cc1. The lowest BCUT2D eigenvalue weighted by molar-refractivity contribution is 0.317. The van der Waals surface area contributed by atoms with E-state index >= 15 is 0 Å². The summed E-state index contributed by atoms with van der Waals surface area (Å²) in [7, 11) is 1.92. The monoisotopic (exact) mass is 300 g/mol. The van der Waals surface area contributed by atoms with E-state index in [-0.39, 0.29) is 0 Å². The van der Waals surface area contributed by atoms with Crippen LogP contribution < -0.4 is 0 Å². The van der Waals surface area contributed by atoms with Gasteiger partial charge in [0.15, 0.2) is 11.6 Å². The maximum Gasteiger partial charge on any atom is 0.165 e. The van der Waals surface area contributed by atoms with Crippen LogP contribution in [0, 0.1) is 0 Å². The molecule has 22 heavy (non-hydrogen) atoms. The summed E-state index contributed by atoms with van der Waals surface area (Å²) in [6.45, 7) is 3.10. The van der Waals surface area contributed by atoms with Gasteiger partial charge in [-0.1, -0.05) is 24.3 Å². The van der Waals surface area contributed by atoms with Gasteiger partial charge in [-0.2, -0.15) is 5.10 Å². The molecule has 1 aromatic heterocycles. The number of aromatic nitrogens is 3. The summed E-state index contributed by atoms with van der Waals surface area (Å²) >= 11 is 0. The second kappa shape index (κ2) is 5.16. The lowest BCUT2D eigenvalue weighted by Gasteiger charge is -2.10. The van der Waals surface area contributed by atoms with Crippen LogP contribution in [-0.4, -0.2) is 32.8 Å². The molecule has 1 aliphatic heterocycles. The molecule has 2 fully saturated rings. The van der Waals surface area contributed by atoms with Crippen molar-refractivity contribution < 1.29 is 4.39 Å². The summed E-state index contributed by atoms with van der Waals surface area (Å²) in [4.78, 5) is 7.06. The molecule has 1 aliphatic carbocycles. The molecule has 1 saturated heterocycles. The van der Waals surface area contributed by atoms with Crippen LogP contribution in [-0.2, 0) is 19.3 Å². The van der Waals surface area contributed by atoms with Crippen LogP contribution in [0.4, 0.5) is 4.39 Å². The first-order valence-electron chi connectivity index (χ1n) is 8.06. The number of alkyl halides is 1. The van der Waals surface area contributed by atoms with Gasteiger partial charge >= 0.3 is 0 Å². The van der Waals surface area contributed by atoms with Crippen LogP contribution in [0.3, 0.4) is 0 Å². The van der Waals surface area contributed by atoms with Crippen molar-refractivity contribution in [2.24, 2.45) is 7.05 Å². The highest BCUT2D eigenvalue weighted by Gasteiger charge is 2.44. The highest BCUT2D eigenvalue weighted by atomic mass is 19.1. The second-order valence-corrected chi connectivity index (χ2v) is 6.50. The number of hydrogen-bond acceptors (Lipinski definition) is 3. The van der Waals surface area contributed by atoms with Crippen molar-refractivity contribution >= 4 is 0 Å². The number of benzene rings is 1. The lowest BCUT2D eigenvalue weighted by atomic mass is 10.1. The summed E-state index contributed by atoms with van der Waals surface area (Å²) in [6, 6.07) is 7.69. The summed E-state index contributed by atoms with van der Waals surface area (Å²) in [5.74, 6) is 1.72. The van der Waals surface area contributed by atoms with Crippen molar-refractivity contribution in [2.45, 2.75) is 37.9 Å². The second-order valence-electron chi connectivity index (χ2n) is 6.50. The normalized spacial score (nSPS) is 20.5. The largest absolute Gasteiger partial charge is 0.296 e. The average Bonchev–Trinajstić information content (AvgIpc) is 2.93. The van der Waals surface area contributed by atoms with Crippen LogP contribution >= 0.6 is 0 Å². The Balaban J connectivity index is 1.55. The predicted molar refractivity (Wildman–Crippen MR) is 83.0 cm³/mol. The van der Waals surface area contributed by atoms with Crippen molar-refractivity contribution in [3.63, 3.8) is 0 Å². The molecular weight excluding hydrogens is 279 g/mol. The number of aryl methyl sites for hydroxylation is 1. The third kappa shape index (κ3) is 2.54. The number of nitrogens with zero attached hydrogens (tertiary/aromatic N) is 4. The summed E-state index contributed by atoms with van der Waals surface area (Å²) in [5, 5.41) is 4.52. The van der Waals surface area contributed by atoms with E-state index in [0.29, 0.717) is 12.8 Å². The zero-order chi connectivity index (χ0) is 15.2. The van der Waals surface area contributed by atoms with Gasteiger partial charge in [0.2, 0.25) is 0 Å². The molecule has 0 atom stereocenters. The predicted octanol–water partition coefficient (Wildman–Crippen LogP) is 3.04. The Labute approximate surface area is 130 Å². The zero-order valence-corrected chi connectivity index (χ0v) is 12.9. The van der Waals surface area contributed by atoms with E-state index in [9.17, 15) is 4.39 Å². The number of halogens is 1. The van der Waals surface area contributed by atoms with Gasteiger partial charge in [-0.15, -0.1) is 0 Å². The molecule has 0 spiro atoms.